The van der Waals surface area contributed by atoms with Crippen LogP contribution in [0.4, 0.5) is 0 Å². The molecule has 2 saturated carbocycles. The zero-order valence-corrected chi connectivity index (χ0v) is 25.7. The van der Waals surface area contributed by atoms with Crippen LogP contribution in [0.5, 0.6) is 0 Å². The van der Waals surface area contributed by atoms with Crippen molar-refractivity contribution in [3.8, 4) is 0 Å². The fourth-order valence-corrected chi connectivity index (χ4v) is 7.44. The number of imidazole rings is 1. The second-order valence-electron chi connectivity index (χ2n) is 11.2. The van der Waals surface area contributed by atoms with E-state index < -0.39 is 0 Å². The fourth-order valence-electron chi connectivity index (χ4n) is 6.62. The topological polar surface area (TPSA) is 97.9 Å². The van der Waals surface area contributed by atoms with Crippen LogP contribution < -0.4 is 0 Å². The number of para-hydroxylation sites is 2. The molecule has 222 valence electrons. The molecule has 6 nitrogen and oxygen atoms in total. The van der Waals surface area contributed by atoms with E-state index in [1.54, 1.807) is 11.9 Å². The number of nitrogens with zero attached hydrogens (tertiary/aromatic N) is 3. The van der Waals surface area contributed by atoms with Crippen molar-refractivity contribution >= 4 is 23.0 Å². The minimum absolute atomic E-state index is 0. The number of hydrogen-bond donors (Lipinski definition) is 1. The molecule has 41 heavy (non-hydrogen) atoms. The number of nitrogens with one attached hydrogen (secondary N) is 1. The molecule has 3 aliphatic rings. The van der Waals surface area contributed by atoms with Crippen LogP contribution in [0.1, 0.15) is 56.8 Å². The van der Waals surface area contributed by atoms with Gasteiger partial charge in [0.2, 0.25) is 0 Å². The Morgan fingerprint density at radius 2 is 1.61 bits per heavy atom. The van der Waals surface area contributed by atoms with Crippen LogP contribution in [-0.2, 0) is 6.42 Å². The van der Waals surface area contributed by atoms with Gasteiger partial charge >= 0.3 is 0 Å². The maximum atomic E-state index is 4.26. The highest BCUT2D eigenvalue weighted by atomic mass is 32.2. The number of hydrogen-bond acceptors (Lipinski definition) is 4. The lowest BCUT2D eigenvalue weighted by Gasteiger charge is -2.40. The van der Waals surface area contributed by atoms with Crippen LogP contribution in [0, 0.1) is 12.8 Å². The normalized spacial score (nSPS) is 23.2. The molecule has 1 aliphatic heterocycles. The van der Waals surface area contributed by atoms with Gasteiger partial charge in [0.25, 0.3) is 0 Å². The third-order valence-corrected chi connectivity index (χ3v) is 9.56. The highest BCUT2D eigenvalue weighted by Crippen LogP contribution is 2.64. The lowest BCUT2D eigenvalue weighted by molar-refractivity contribution is 0.138. The van der Waals surface area contributed by atoms with E-state index in [0.29, 0.717) is 0 Å². The molecule has 4 aromatic rings. The molecule has 2 unspecified atom stereocenters. The summed E-state index contributed by atoms with van der Waals surface area (Å²) < 4.78 is 2.28. The standard InChI is InChI=1S/C15H17NS.C11H19N.C8H8N2.2H2O/c1-16(17-15-10-6-3-7-11-15)13-12-14-8-4-2-5-9-14;1-2-8-12-10-5-3-4-9-6-7-11(9,10)12;1-6-9-7-4-2-3-5-8(7)10-6;;/h2-11H,12-13H2,1H3;9-10H,2-8H2,1H3;2-5H,1H3,(H,9,10);2*1H2/t;9-,10+,11?,12?;;;/m.1.../s1. The van der Waals surface area contributed by atoms with Gasteiger partial charge in [0.15, 0.2) is 0 Å². The van der Waals surface area contributed by atoms with Gasteiger partial charge in [-0.1, -0.05) is 74.0 Å². The molecule has 2 heterocycles. The first-order chi connectivity index (χ1) is 19.1. The average molecular weight is 577 g/mol. The second-order valence-corrected chi connectivity index (χ2v) is 12.5. The van der Waals surface area contributed by atoms with Crippen molar-refractivity contribution in [2.75, 3.05) is 20.1 Å². The van der Waals surface area contributed by atoms with Crippen LogP contribution in [0.3, 0.4) is 0 Å². The third-order valence-electron chi connectivity index (χ3n) is 8.59. The van der Waals surface area contributed by atoms with Crippen molar-refractivity contribution in [3.63, 3.8) is 0 Å². The number of aromatic nitrogens is 2. The van der Waals surface area contributed by atoms with Crippen molar-refractivity contribution < 1.29 is 11.0 Å². The number of fused-ring (bicyclic) bond motifs is 1. The summed E-state index contributed by atoms with van der Waals surface area (Å²) in [6.45, 7) is 6.71. The third kappa shape index (κ3) is 7.99. The lowest BCUT2D eigenvalue weighted by atomic mass is 9.65. The molecule has 1 aromatic heterocycles. The van der Waals surface area contributed by atoms with Gasteiger partial charge in [-0.25, -0.2) is 9.29 Å². The summed E-state index contributed by atoms with van der Waals surface area (Å²) in [6.07, 6.45) is 10.1. The lowest BCUT2D eigenvalue weighted by Crippen LogP contribution is -2.42. The molecule has 0 radical (unpaired) electrons. The average Bonchev–Trinajstić information content (AvgIpc) is 3.46. The molecular weight excluding hydrogens is 528 g/mol. The maximum absolute atomic E-state index is 4.26. The fraction of sp³-hybridized carbons (Fsp3) is 0.441. The molecule has 1 saturated heterocycles. The number of aromatic amines is 1. The van der Waals surface area contributed by atoms with Crippen LogP contribution in [-0.4, -0.2) is 61.8 Å². The number of aryl methyl sites for hydroxylation is 1. The SMILES string of the molecule is CCCN1[C@H]2CCC[C@@H]3CCC321.CN(CCc1ccccc1)Sc1ccccc1.Cc1nc2ccccc2[nH]1.O.O. The number of likely N-dealkylation sites (N-methyl/N-ethyl adjacent to an activating group) is 1. The molecule has 3 fully saturated rings. The Balaban J connectivity index is 0.000000171. The Bertz CT molecular complexity index is 1270. The zero-order chi connectivity index (χ0) is 27.1. The number of H-pyrrole nitrogens is 1. The highest BCUT2D eigenvalue weighted by Gasteiger charge is 2.70. The Kier molecular flexibility index (Phi) is 12.4. The van der Waals surface area contributed by atoms with E-state index >= 15 is 0 Å². The van der Waals surface area contributed by atoms with Gasteiger partial charge < -0.3 is 15.9 Å². The molecule has 2 aliphatic carbocycles. The minimum Gasteiger partial charge on any atom is -0.412 e. The summed E-state index contributed by atoms with van der Waals surface area (Å²) in [5, 5.41) is 0. The first kappa shape index (κ1) is 32.8. The quantitative estimate of drug-likeness (QED) is 0.200. The highest BCUT2D eigenvalue weighted by molar-refractivity contribution is 7.97. The Labute approximate surface area is 250 Å². The first-order valence-corrected chi connectivity index (χ1v) is 15.5. The van der Waals surface area contributed by atoms with Crippen LogP contribution in [0.25, 0.3) is 11.0 Å². The molecule has 5 N–H and O–H groups in total. The van der Waals surface area contributed by atoms with Gasteiger partial charge in [-0.05, 0) is 107 Å². The van der Waals surface area contributed by atoms with E-state index in [1.807, 2.05) is 37.3 Å². The van der Waals surface area contributed by atoms with Crippen molar-refractivity contribution in [3.05, 3.63) is 96.3 Å². The summed E-state index contributed by atoms with van der Waals surface area (Å²) >= 11 is 1.80. The predicted molar refractivity (Wildman–Crippen MR) is 173 cm³/mol. The van der Waals surface area contributed by atoms with E-state index in [2.05, 4.69) is 87.7 Å². The number of likely N-dealkylation sites (tertiary alicyclic amines) is 1. The summed E-state index contributed by atoms with van der Waals surface area (Å²) in [5.41, 5.74) is 4.34. The van der Waals surface area contributed by atoms with Crippen molar-refractivity contribution in [2.45, 2.75) is 75.3 Å². The van der Waals surface area contributed by atoms with Gasteiger partial charge in [-0.2, -0.15) is 0 Å². The van der Waals surface area contributed by atoms with Crippen LogP contribution >= 0.6 is 11.9 Å². The molecule has 1 spiro atoms. The van der Waals surface area contributed by atoms with Gasteiger partial charge in [-0.3, -0.25) is 4.90 Å². The van der Waals surface area contributed by atoms with Gasteiger partial charge in [0.05, 0.1) is 11.0 Å². The Hall–Kier alpha value is -2.68. The van der Waals surface area contributed by atoms with E-state index in [1.165, 1.54) is 55.5 Å². The van der Waals surface area contributed by atoms with Gasteiger partial charge in [0, 0.05) is 23.0 Å². The van der Waals surface area contributed by atoms with Gasteiger partial charge in [-0.15, -0.1) is 0 Å². The van der Waals surface area contributed by atoms with Crippen molar-refractivity contribution in [2.24, 2.45) is 5.92 Å². The van der Waals surface area contributed by atoms with E-state index in [4.69, 9.17) is 0 Å². The number of benzene rings is 3. The van der Waals surface area contributed by atoms with Crippen LogP contribution in [0.2, 0.25) is 0 Å². The largest absolute Gasteiger partial charge is 0.412 e. The molecule has 0 bridgehead atoms. The Morgan fingerprint density at radius 1 is 0.927 bits per heavy atom. The summed E-state index contributed by atoms with van der Waals surface area (Å²) in [5.74, 6) is 2.09. The smallest absolute Gasteiger partial charge is 0.104 e. The molecule has 7 heteroatoms. The van der Waals surface area contributed by atoms with E-state index in [0.717, 1.165) is 47.3 Å². The minimum atomic E-state index is 0. The van der Waals surface area contributed by atoms with Crippen molar-refractivity contribution in [1.29, 1.82) is 0 Å². The first-order valence-electron chi connectivity index (χ1n) is 14.8. The molecular formula is C34H48N4O2S. The molecule has 3 aromatic carbocycles. The Morgan fingerprint density at radius 3 is 2.24 bits per heavy atom. The van der Waals surface area contributed by atoms with E-state index in [9.17, 15) is 0 Å². The van der Waals surface area contributed by atoms with Crippen LogP contribution in [0.15, 0.2) is 89.8 Å². The zero-order valence-electron chi connectivity index (χ0n) is 24.9. The summed E-state index contributed by atoms with van der Waals surface area (Å²) in [7, 11) is 2.14. The summed E-state index contributed by atoms with van der Waals surface area (Å²) in [6, 6.07) is 30.1. The monoisotopic (exact) mass is 576 g/mol. The number of rotatable bonds is 7. The summed E-state index contributed by atoms with van der Waals surface area (Å²) in [4.78, 5) is 11.5. The van der Waals surface area contributed by atoms with Gasteiger partial charge in [0.1, 0.15) is 5.82 Å². The van der Waals surface area contributed by atoms with Crippen molar-refractivity contribution in [1.82, 2.24) is 19.2 Å². The molecule has 0 amide bonds. The maximum Gasteiger partial charge on any atom is 0.104 e. The second kappa shape index (κ2) is 15.5. The predicted octanol–water partition coefficient (Wildman–Crippen LogP) is 6.50. The molecule has 4 atom stereocenters. The molecule has 7 rings (SSSR count). The van der Waals surface area contributed by atoms with E-state index in [-0.39, 0.29) is 11.0 Å².